The highest BCUT2D eigenvalue weighted by Gasteiger charge is 2.20. The van der Waals surface area contributed by atoms with E-state index >= 15 is 0 Å². The van der Waals surface area contributed by atoms with Crippen molar-refractivity contribution in [1.29, 1.82) is 0 Å². The zero-order chi connectivity index (χ0) is 19.3. The average Bonchev–Trinajstić information content (AvgIpc) is 2.62. The highest BCUT2D eigenvalue weighted by Crippen LogP contribution is 2.26. The molecule has 9 heteroatoms. The van der Waals surface area contributed by atoms with Crippen molar-refractivity contribution < 1.29 is 32.6 Å². The molecule has 136 valence electrons. The van der Waals surface area contributed by atoms with Crippen LogP contribution in [-0.2, 0) is 14.3 Å². The number of halogens is 3. The van der Waals surface area contributed by atoms with Gasteiger partial charge in [-0.25, -0.2) is 18.4 Å². The molecule has 0 fully saturated rings. The molecular weight excluding hydrogens is 416 g/mol. The van der Waals surface area contributed by atoms with Crippen LogP contribution in [0.1, 0.15) is 20.7 Å². The minimum absolute atomic E-state index is 0.00860. The number of benzene rings is 2. The molecule has 1 N–H and O–H groups in total. The molecule has 0 aliphatic rings. The topological polar surface area (TPSA) is 81.7 Å². The first-order valence-corrected chi connectivity index (χ1v) is 7.91. The number of esters is 2. The summed E-state index contributed by atoms with van der Waals surface area (Å²) < 4.78 is 36.1. The van der Waals surface area contributed by atoms with Gasteiger partial charge in [-0.1, -0.05) is 12.1 Å². The van der Waals surface area contributed by atoms with Crippen molar-refractivity contribution in [2.45, 2.75) is 0 Å². The van der Waals surface area contributed by atoms with Crippen molar-refractivity contribution in [2.75, 3.05) is 19.0 Å². The second-order valence-electron chi connectivity index (χ2n) is 4.91. The first kappa shape index (κ1) is 19.5. The van der Waals surface area contributed by atoms with Gasteiger partial charge in [0.05, 0.1) is 23.9 Å². The third-order valence-corrected chi connectivity index (χ3v) is 3.78. The molecule has 26 heavy (non-hydrogen) atoms. The normalized spacial score (nSPS) is 10.2. The number of hydrogen-bond acceptors (Lipinski definition) is 5. The molecule has 1 amide bonds. The van der Waals surface area contributed by atoms with E-state index in [1.54, 1.807) is 0 Å². The van der Waals surface area contributed by atoms with Gasteiger partial charge >= 0.3 is 11.9 Å². The highest BCUT2D eigenvalue weighted by molar-refractivity contribution is 9.10. The average molecular weight is 428 g/mol. The Morgan fingerprint density at radius 2 is 1.69 bits per heavy atom. The molecule has 0 bridgehead atoms. The molecule has 0 radical (unpaired) electrons. The molecule has 2 aromatic rings. The summed E-state index contributed by atoms with van der Waals surface area (Å²) in [4.78, 5) is 35.6. The summed E-state index contributed by atoms with van der Waals surface area (Å²) in [7, 11) is 1.16. The van der Waals surface area contributed by atoms with Crippen molar-refractivity contribution in [3.63, 3.8) is 0 Å². The van der Waals surface area contributed by atoms with E-state index < -0.39 is 36.1 Å². The van der Waals surface area contributed by atoms with Gasteiger partial charge in [-0.05, 0) is 34.1 Å². The molecule has 0 aromatic heterocycles. The Kier molecular flexibility index (Phi) is 6.40. The van der Waals surface area contributed by atoms with E-state index in [-0.39, 0.29) is 21.3 Å². The van der Waals surface area contributed by atoms with E-state index in [9.17, 15) is 23.2 Å². The number of amides is 1. The Hall–Kier alpha value is -2.81. The van der Waals surface area contributed by atoms with E-state index in [4.69, 9.17) is 4.74 Å². The molecule has 0 unspecified atom stereocenters. The van der Waals surface area contributed by atoms with Gasteiger partial charge in [0.25, 0.3) is 5.91 Å². The molecule has 6 nitrogen and oxygen atoms in total. The lowest BCUT2D eigenvalue weighted by Crippen LogP contribution is -2.22. The van der Waals surface area contributed by atoms with Crippen molar-refractivity contribution in [1.82, 2.24) is 0 Å². The maximum Gasteiger partial charge on any atom is 0.339 e. The molecule has 0 atom stereocenters. The number of carbonyl (C=O) groups excluding carboxylic acids is 3. The maximum absolute atomic E-state index is 13.7. The van der Waals surface area contributed by atoms with Gasteiger partial charge < -0.3 is 14.8 Å². The predicted octanol–water partition coefficient (Wildman–Crippen LogP) is 3.31. The van der Waals surface area contributed by atoms with Gasteiger partial charge in [-0.3, -0.25) is 4.79 Å². The van der Waals surface area contributed by atoms with Crippen molar-refractivity contribution >= 4 is 39.5 Å². The summed E-state index contributed by atoms with van der Waals surface area (Å²) in [6.45, 7) is -0.738. The Bertz CT molecular complexity index is 849. The number of anilines is 1. The molecule has 0 saturated heterocycles. The van der Waals surface area contributed by atoms with Crippen LogP contribution in [0.25, 0.3) is 0 Å². The fraction of sp³-hybridized carbons (Fsp3) is 0.118. The lowest BCUT2D eigenvalue weighted by molar-refractivity contribution is -0.119. The van der Waals surface area contributed by atoms with Crippen LogP contribution in [0, 0.1) is 11.6 Å². The first-order valence-electron chi connectivity index (χ1n) is 7.12. The number of rotatable bonds is 5. The SMILES string of the molecule is COC(=O)c1ccccc1C(=O)OCC(=O)Nc1c(F)cc(F)cc1Br. The molecule has 2 rings (SSSR count). The van der Waals surface area contributed by atoms with E-state index in [1.807, 2.05) is 0 Å². The number of nitrogens with one attached hydrogen (secondary N) is 1. The number of methoxy groups -OCH3 is 1. The van der Waals surface area contributed by atoms with Gasteiger partial charge in [-0.15, -0.1) is 0 Å². The van der Waals surface area contributed by atoms with Crippen molar-refractivity contribution in [2.24, 2.45) is 0 Å². The minimum Gasteiger partial charge on any atom is -0.465 e. The van der Waals surface area contributed by atoms with Gasteiger partial charge in [0.2, 0.25) is 0 Å². The van der Waals surface area contributed by atoms with Crippen molar-refractivity contribution in [3.05, 3.63) is 63.6 Å². The molecule has 2 aromatic carbocycles. The van der Waals surface area contributed by atoms with Gasteiger partial charge in [0.15, 0.2) is 12.4 Å². The van der Waals surface area contributed by atoms with Crippen LogP contribution in [0.2, 0.25) is 0 Å². The van der Waals surface area contributed by atoms with E-state index in [2.05, 4.69) is 26.0 Å². The summed E-state index contributed by atoms with van der Waals surface area (Å²) in [6.07, 6.45) is 0. The van der Waals surface area contributed by atoms with E-state index in [0.717, 1.165) is 13.2 Å². The smallest absolute Gasteiger partial charge is 0.339 e. The number of hydrogen-bond donors (Lipinski definition) is 1. The quantitative estimate of drug-likeness (QED) is 0.740. The van der Waals surface area contributed by atoms with Crippen LogP contribution in [0.3, 0.4) is 0 Å². The fourth-order valence-corrected chi connectivity index (χ4v) is 2.50. The summed E-state index contributed by atoms with van der Waals surface area (Å²) in [5.41, 5.74) is -0.392. The Labute approximate surface area is 155 Å². The summed E-state index contributed by atoms with van der Waals surface area (Å²) in [5.74, 6) is -4.33. The molecule has 0 heterocycles. The van der Waals surface area contributed by atoms with Crippen LogP contribution in [-0.4, -0.2) is 31.6 Å². The van der Waals surface area contributed by atoms with Gasteiger partial charge in [0, 0.05) is 10.5 Å². The fourth-order valence-electron chi connectivity index (χ4n) is 2.00. The Morgan fingerprint density at radius 1 is 1.08 bits per heavy atom. The zero-order valence-corrected chi connectivity index (χ0v) is 14.9. The third kappa shape index (κ3) is 4.63. The van der Waals surface area contributed by atoms with Gasteiger partial charge in [-0.2, -0.15) is 0 Å². The second kappa shape index (κ2) is 8.52. The van der Waals surface area contributed by atoms with E-state index in [1.165, 1.54) is 24.3 Å². The zero-order valence-electron chi connectivity index (χ0n) is 13.3. The number of ether oxygens (including phenoxy) is 2. The van der Waals surface area contributed by atoms with Crippen LogP contribution >= 0.6 is 15.9 Å². The lowest BCUT2D eigenvalue weighted by Gasteiger charge is -2.10. The largest absolute Gasteiger partial charge is 0.465 e. The summed E-state index contributed by atoms with van der Waals surface area (Å²) in [5, 5.41) is 2.16. The van der Waals surface area contributed by atoms with E-state index in [0.29, 0.717) is 6.07 Å². The molecule has 0 aliphatic carbocycles. The summed E-state index contributed by atoms with van der Waals surface area (Å²) >= 11 is 2.92. The lowest BCUT2D eigenvalue weighted by atomic mass is 10.1. The molecule has 0 saturated carbocycles. The van der Waals surface area contributed by atoms with Crippen LogP contribution in [0.5, 0.6) is 0 Å². The Balaban J connectivity index is 2.05. The third-order valence-electron chi connectivity index (χ3n) is 3.16. The van der Waals surface area contributed by atoms with Crippen molar-refractivity contribution in [3.8, 4) is 0 Å². The first-order chi connectivity index (χ1) is 12.3. The minimum atomic E-state index is -0.993. The molecule has 0 spiro atoms. The summed E-state index contributed by atoms with van der Waals surface area (Å²) in [6, 6.07) is 7.31. The highest BCUT2D eigenvalue weighted by atomic mass is 79.9. The standard InChI is InChI=1S/C17H12BrF2NO5/c1-25-16(23)10-4-2-3-5-11(10)17(24)26-8-14(22)21-15-12(18)6-9(19)7-13(15)20/h2-7H,8H2,1H3,(H,21,22). The molecular formula is C17H12BrF2NO5. The predicted molar refractivity (Wildman–Crippen MR) is 90.8 cm³/mol. The Morgan fingerprint density at radius 3 is 2.27 bits per heavy atom. The van der Waals surface area contributed by atoms with Crippen LogP contribution in [0.15, 0.2) is 40.9 Å². The monoisotopic (exact) mass is 427 g/mol. The van der Waals surface area contributed by atoms with Crippen LogP contribution in [0.4, 0.5) is 14.5 Å². The maximum atomic E-state index is 13.7. The van der Waals surface area contributed by atoms with Crippen LogP contribution < -0.4 is 5.32 Å². The number of carbonyl (C=O) groups is 3. The molecule has 0 aliphatic heterocycles. The van der Waals surface area contributed by atoms with Gasteiger partial charge in [0.1, 0.15) is 5.82 Å². The second-order valence-corrected chi connectivity index (χ2v) is 5.76.